The van der Waals surface area contributed by atoms with Crippen LogP contribution in [0.2, 0.25) is 0 Å². The molecule has 2 rings (SSSR count). The van der Waals surface area contributed by atoms with Crippen molar-refractivity contribution >= 4 is 40.5 Å². The second kappa shape index (κ2) is 4.63. The van der Waals surface area contributed by atoms with Crippen LogP contribution in [0.5, 0.6) is 0 Å². The number of carbonyl (C=O) groups is 1. The number of nitrogen functional groups attached to an aromatic ring is 1. The van der Waals surface area contributed by atoms with Crippen molar-refractivity contribution in [3.05, 3.63) is 23.3 Å². The lowest BCUT2D eigenvalue weighted by molar-refractivity contribution is -0.120. The average molecular weight is 287 g/mol. The van der Waals surface area contributed by atoms with Gasteiger partial charge in [0.25, 0.3) is 5.91 Å². The molecule has 0 unspecified atom stereocenters. The summed E-state index contributed by atoms with van der Waals surface area (Å²) in [5.41, 5.74) is 9.38. The van der Waals surface area contributed by atoms with Gasteiger partial charge in [0.2, 0.25) is 0 Å². The Morgan fingerprint density at radius 1 is 1.28 bits per heavy atom. The van der Waals surface area contributed by atoms with Crippen LogP contribution in [-0.2, 0) is 4.79 Å². The first-order valence-electron chi connectivity index (χ1n) is 5.89. The third-order valence-electron chi connectivity index (χ3n) is 3.31. The van der Waals surface area contributed by atoms with Gasteiger partial charge in [-0.2, -0.15) is 0 Å². The van der Waals surface area contributed by atoms with E-state index in [0.29, 0.717) is 18.7 Å². The number of aryl methyl sites for hydroxylation is 2. The van der Waals surface area contributed by atoms with Gasteiger partial charge in [-0.05, 0) is 43.9 Å². The molecule has 1 aliphatic rings. The zero-order valence-corrected chi connectivity index (χ0v) is 12.0. The number of benzene rings is 1. The maximum absolute atomic E-state index is 12.2. The van der Waals surface area contributed by atoms with Crippen LogP contribution in [0.3, 0.4) is 0 Å². The molecule has 0 saturated carbocycles. The zero-order chi connectivity index (χ0) is 13.5. The van der Waals surface area contributed by atoms with Gasteiger partial charge in [-0.3, -0.25) is 4.79 Å². The van der Waals surface area contributed by atoms with Gasteiger partial charge in [-0.1, -0.05) is 29.3 Å². The van der Waals surface area contributed by atoms with Crippen molar-refractivity contribution in [3.8, 4) is 0 Å². The SMILES string of the molecule is Cc1cc(C)c(N2CCCC(Cl)(Cl)C2=O)cc1N. The third kappa shape index (κ3) is 2.29. The number of nitrogens with two attached hydrogens (primary N) is 1. The molecule has 3 nitrogen and oxygen atoms in total. The second-order valence-corrected chi connectivity index (χ2v) is 6.24. The summed E-state index contributed by atoms with van der Waals surface area (Å²) in [6.07, 6.45) is 1.28. The molecule has 0 spiro atoms. The van der Waals surface area contributed by atoms with Crippen molar-refractivity contribution in [1.82, 2.24) is 0 Å². The lowest BCUT2D eigenvalue weighted by Crippen LogP contribution is -2.47. The molecule has 5 heteroatoms. The first-order valence-corrected chi connectivity index (χ1v) is 6.65. The minimum absolute atomic E-state index is 0.261. The fraction of sp³-hybridized carbons (Fsp3) is 0.462. The topological polar surface area (TPSA) is 46.3 Å². The van der Waals surface area contributed by atoms with Gasteiger partial charge in [-0.25, -0.2) is 0 Å². The van der Waals surface area contributed by atoms with Crippen LogP contribution in [0, 0.1) is 13.8 Å². The molecule has 1 aromatic carbocycles. The maximum atomic E-state index is 12.2. The Bertz CT molecular complexity index is 500. The molecule has 1 heterocycles. The number of rotatable bonds is 1. The molecule has 0 radical (unpaired) electrons. The van der Waals surface area contributed by atoms with Crippen molar-refractivity contribution in [2.45, 2.75) is 31.0 Å². The number of halogens is 2. The van der Waals surface area contributed by atoms with Crippen molar-refractivity contribution in [3.63, 3.8) is 0 Å². The summed E-state index contributed by atoms with van der Waals surface area (Å²) in [7, 11) is 0. The number of alkyl halides is 2. The molecular formula is C13H16Cl2N2O. The van der Waals surface area contributed by atoms with Crippen LogP contribution in [0.4, 0.5) is 11.4 Å². The Kier molecular flexibility index (Phi) is 3.47. The minimum atomic E-state index is -1.32. The highest BCUT2D eigenvalue weighted by Crippen LogP contribution is 2.37. The number of amides is 1. The quantitative estimate of drug-likeness (QED) is 0.637. The van der Waals surface area contributed by atoms with Gasteiger partial charge in [0.15, 0.2) is 4.33 Å². The third-order valence-corrected chi connectivity index (χ3v) is 4.01. The number of anilines is 2. The van der Waals surface area contributed by atoms with Crippen LogP contribution >= 0.6 is 23.2 Å². The van der Waals surface area contributed by atoms with Crippen molar-refractivity contribution in [1.29, 1.82) is 0 Å². The molecule has 0 aromatic heterocycles. The summed E-state index contributed by atoms with van der Waals surface area (Å²) in [4.78, 5) is 13.9. The monoisotopic (exact) mass is 286 g/mol. The summed E-state index contributed by atoms with van der Waals surface area (Å²) in [5, 5.41) is 0. The van der Waals surface area contributed by atoms with E-state index >= 15 is 0 Å². The zero-order valence-electron chi connectivity index (χ0n) is 10.5. The standard InChI is InChI=1S/C13H16Cl2N2O/c1-8-6-9(2)11(7-10(8)16)17-5-3-4-13(14,15)12(17)18/h6-7H,3-5,16H2,1-2H3. The van der Waals surface area contributed by atoms with E-state index in [1.165, 1.54) is 0 Å². The Morgan fingerprint density at radius 2 is 1.94 bits per heavy atom. The predicted molar refractivity (Wildman–Crippen MR) is 76.4 cm³/mol. The molecule has 1 aliphatic heterocycles. The molecule has 98 valence electrons. The number of nitrogens with zero attached hydrogens (tertiary/aromatic N) is 1. The molecule has 2 N–H and O–H groups in total. The highest BCUT2D eigenvalue weighted by atomic mass is 35.5. The van der Waals surface area contributed by atoms with Crippen LogP contribution in [0.1, 0.15) is 24.0 Å². The van der Waals surface area contributed by atoms with Crippen molar-refractivity contribution in [2.24, 2.45) is 0 Å². The normalized spacial score (nSPS) is 19.1. The predicted octanol–water partition coefficient (Wildman–Crippen LogP) is 3.19. The molecule has 1 fully saturated rings. The smallest absolute Gasteiger partial charge is 0.263 e. The molecular weight excluding hydrogens is 271 g/mol. The first-order chi connectivity index (χ1) is 8.33. The number of carbonyl (C=O) groups excluding carboxylic acids is 1. The van der Waals surface area contributed by atoms with E-state index in [0.717, 1.165) is 23.2 Å². The van der Waals surface area contributed by atoms with E-state index in [1.54, 1.807) is 4.90 Å². The minimum Gasteiger partial charge on any atom is -0.398 e. The number of hydrogen-bond acceptors (Lipinski definition) is 2. The van der Waals surface area contributed by atoms with E-state index in [-0.39, 0.29) is 5.91 Å². The van der Waals surface area contributed by atoms with Crippen LogP contribution < -0.4 is 10.6 Å². The number of piperidine rings is 1. The van der Waals surface area contributed by atoms with Gasteiger partial charge in [0.05, 0.1) is 0 Å². The van der Waals surface area contributed by atoms with Gasteiger partial charge in [-0.15, -0.1) is 0 Å². The summed E-state index contributed by atoms with van der Waals surface area (Å²) in [6, 6.07) is 3.79. The van der Waals surface area contributed by atoms with E-state index in [1.807, 2.05) is 26.0 Å². The summed E-state index contributed by atoms with van der Waals surface area (Å²) in [5.74, 6) is -0.261. The Labute approximate surface area is 117 Å². The highest BCUT2D eigenvalue weighted by Gasteiger charge is 2.41. The van der Waals surface area contributed by atoms with Crippen LogP contribution in [0.15, 0.2) is 12.1 Å². The fourth-order valence-corrected chi connectivity index (χ4v) is 2.71. The largest absolute Gasteiger partial charge is 0.398 e. The molecule has 1 amide bonds. The first kappa shape index (κ1) is 13.5. The highest BCUT2D eigenvalue weighted by molar-refractivity contribution is 6.59. The Hall–Kier alpha value is -0.930. The molecule has 0 bridgehead atoms. The van der Waals surface area contributed by atoms with E-state index in [4.69, 9.17) is 28.9 Å². The lowest BCUT2D eigenvalue weighted by Gasteiger charge is -2.35. The van der Waals surface area contributed by atoms with Crippen LogP contribution in [0.25, 0.3) is 0 Å². The maximum Gasteiger partial charge on any atom is 0.263 e. The average Bonchev–Trinajstić information content (AvgIpc) is 2.28. The summed E-state index contributed by atoms with van der Waals surface area (Å²) in [6.45, 7) is 4.52. The van der Waals surface area contributed by atoms with E-state index in [9.17, 15) is 4.79 Å². The van der Waals surface area contributed by atoms with Gasteiger partial charge < -0.3 is 10.6 Å². The lowest BCUT2D eigenvalue weighted by atomic mass is 10.0. The molecule has 1 aromatic rings. The second-order valence-electron chi connectivity index (χ2n) is 4.76. The summed E-state index contributed by atoms with van der Waals surface area (Å²) >= 11 is 12.1. The van der Waals surface area contributed by atoms with Gasteiger partial charge in [0.1, 0.15) is 0 Å². The van der Waals surface area contributed by atoms with Crippen LogP contribution in [-0.4, -0.2) is 16.8 Å². The Balaban J connectivity index is 2.43. The van der Waals surface area contributed by atoms with Crippen molar-refractivity contribution in [2.75, 3.05) is 17.2 Å². The molecule has 0 aliphatic carbocycles. The molecule has 18 heavy (non-hydrogen) atoms. The Morgan fingerprint density at radius 3 is 2.61 bits per heavy atom. The van der Waals surface area contributed by atoms with Gasteiger partial charge >= 0.3 is 0 Å². The number of hydrogen-bond donors (Lipinski definition) is 1. The van der Waals surface area contributed by atoms with E-state index in [2.05, 4.69) is 0 Å². The summed E-state index contributed by atoms with van der Waals surface area (Å²) < 4.78 is -1.32. The molecule has 1 saturated heterocycles. The molecule has 0 atom stereocenters. The van der Waals surface area contributed by atoms with Gasteiger partial charge in [0, 0.05) is 17.9 Å². The fourth-order valence-electron chi connectivity index (χ4n) is 2.24. The van der Waals surface area contributed by atoms with E-state index < -0.39 is 4.33 Å². The van der Waals surface area contributed by atoms with Crippen molar-refractivity contribution < 1.29 is 4.79 Å².